The van der Waals surface area contributed by atoms with Crippen molar-refractivity contribution in [1.29, 1.82) is 0 Å². The summed E-state index contributed by atoms with van der Waals surface area (Å²) in [5.41, 5.74) is 3.87. The SMILES string of the molecule is CC1N(Cc2ccccc2)c2cc(O)ccc2C1(C)C. The zero-order chi connectivity index (χ0) is 14.3. The zero-order valence-corrected chi connectivity index (χ0v) is 12.3. The van der Waals surface area contributed by atoms with E-state index in [0.29, 0.717) is 11.8 Å². The van der Waals surface area contributed by atoms with Gasteiger partial charge in [-0.15, -0.1) is 0 Å². The standard InChI is InChI=1S/C18H21NO/c1-13-18(2,3)16-10-9-15(20)11-17(16)19(13)12-14-7-5-4-6-8-14/h4-11,13,20H,12H2,1-3H3. The van der Waals surface area contributed by atoms with Gasteiger partial charge in [0.05, 0.1) is 0 Å². The average Bonchev–Trinajstić information content (AvgIpc) is 2.61. The Morgan fingerprint density at radius 2 is 1.80 bits per heavy atom. The van der Waals surface area contributed by atoms with Crippen molar-refractivity contribution in [3.05, 3.63) is 59.7 Å². The molecule has 0 aromatic heterocycles. The molecule has 0 fully saturated rings. The molecule has 1 heterocycles. The van der Waals surface area contributed by atoms with Crippen molar-refractivity contribution in [3.63, 3.8) is 0 Å². The maximum absolute atomic E-state index is 9.81. The highest BCUT2D eigenvalue weighted by atomic mass is 16.3. The van der Waals surface area contributed by atoms with Gasteiger partial charge in [0.1, 0.15) is 5.75 Å². The van der Waals surface area contributed by atoms with E-state index in [1.165, 1.54) is 11.1 Å². The van der Waals surface area contributed by atoms with E-state index >= 15 is 0 Å². The van der Waals surface area contributed by atoms with E-state index in [-0.39, 0.29) is 5.41 Å². The first-order valence-corrected chi connectivity index (χ1v) is 7.14. The molecule has 0 saturated heterocycles. The van der Waals surface area contributed by atoms with Crippen LogP contribution >= 0.6 is 0 Å². The largest absolute Gasteiger partial charge is 0.508 e. The minimum Gasteiger partial charge on any atom is -0.508 e. The molecule has 0 aliphatic carbocycles. The lowest BCUT2D eigenvalue weighted by Gasteiger charge is -2.31. The molecule has 20 heavy (non-hydrogen) atoms. The summed E-state index contributed by atoms with van der Waals surface area (Å²) in [7, 11) is 0. The normalized spacial score (nSPS) is 19.9. The van der Waals surface area contributed by atoms with Gasteiger partial charge in [0, 0.05) is 29.8 Å². The van der Waals surface area contributed by atoms with Crippen LogP contribution in [0.25, 0.3) is 0 Å². The van der Waals surface area contributed by atoms with Gasteiger partial charge < -0.3 is 10.0 Å². The van der Waals surface area contributed by atoms with Crippen molar-refractivity contribution in [3.8, 4) is 5.75 Å². The fourth-order valence-corrected chi connectivity index (χ4v) is 3.13. The van der Waals surface area contributed by atoms with Crippen LogP contribution < -0.4 is 4.90 Å². The van der Waals surface area contributed by atoms with Gasteiger partial charge in [0.25, 0.3) is 0 Å². The molecule has 0 spiro atoms. The molecule has 2 heteroatoms. The minimum absolute atomic E-state index is 0.0951. The Bertz CT molecular complexity index is 619. The first kappa shape index (κ1) is 13.0. The molecule has 2 nitrogen and oxygen atoms in total. The molecule has 2 aromatic rings. The first-order chi connectivity index (χ1) is 9.50. The summed E-state index contributed by atoms with van der Waals surface area (Å²) in [5.74, 6) is 0.340. The quantitative estimate of drug-likeness (QED) is 0.886. The third kappa shape index (κ3) is 1.96. The number of phenols is 1. The Morgan fingerprint density at radius 3 is 2.50 bits per heavy atom. The number of benzene rings is 2. The summed E-state index contributed by atoms with van der Waals surface area (Å²) < 4.78 is 0. The maximum atomic E-state index is 9.81. The minimum atomic E-state index is 0.0951. The van der Waals surface area contributed by atoms with Crippen LogP contribution in [0.3, 0.4) is 0 Å². The molecule has 2 aromatic carbocycles. The first-order valence-electron chi connectivity index (χ1n) is 7.14. The molecule has 1 unspecified atom stereocenters. The molecule has 1 aliphatic heterocycles. The number of phenolic OH excluding ortho intramolecular Hbond substituents is 1. The molecule has 0 bridgehead atoms. The number of aromatic hydroxyl groups is 1. The predicted octanol–water partition coefficient (Wildman–Crippen LogP) is 4.08. The Hall–Kier alpha value is -1.96. The van der Waals surface area contributed by atoms with Gasteiger partial charge in [-0.1, -0.05) is 50.2 Å². The van der Waals surface area contributed by atoms with Crippen molar-refractivity contribution in [1.82, 2.24) is 0 Å². The van der Waals surface area contributed by atoms with Gasteiger partial charge in [0.15, 0.2) is 0 Å². The number of anilines is 1. The van der Waals surface area contributed by atoms with Crippen LogP contribution in [0.2, 0.25) is 0 Å². The molecule has 1 aliphatic rings. The third-order valence-corrected chi connectivity index (χ3v) is 4.69. The van der Waals surface area contributed by atoms with Gasteiger partial charge in [-0.3, -0.25) is 0 Å². The number of nitrogens with zero attached hydrogens (tertiary/aromatic N) is 1. The Kier molecular flexibility index (Phi) is 2.97. The summed E-state index contributed by atoms with van der Waals surface area (Å²) >= 11 is 0. The summed E-state index contributed by atoms with van der Waals surface area (Å²) in [5, 5.41) is 9.81. The van der Waals surface area contributed by atoms with E-state index in [9.17, 15) is 5.11 Å². The predicted molar refractivity (Wildman–Crippen MR) is 83.2 cm³/mol. The Labute approximate surface area is 120 Å². The van der Waals surface area contributed by atoms with Crippen LogP contribution in [0, 0.1) is 0 Å². The molecule has 0 amide bonds. The number of fused-ring (bicyclic) bond motifs is 1. The molecule has 0 saturated carbocycles. The van der Waals surface area contributed by atoms with Crippen LogP contribution in [-0.2, 0) is 12.0 Å². The van der Waals surface area contributed by atoms with Crippen molar-refractivity contribution < 1.29 is 5.11 Å². The summed E-state index contributed by atoms with van der Waals surface area (Å²) in [6.45, 7) is 7.69. The van der Waals surface area contributed by atoms with Crippen LogP contribution in [0.4, 0.5) is 5.69 Å². The number of rotatable bonds is 2. The maximum Gasteiger partial charge on any atom is 0.117 e. The van der Waals surface area contributed by atoms with E-state index in [1.54, 1.807) is 6.07 Å². The molecular weight excluding hydrogens is 246 g/mol. The van der Waals surface area contributed by atoms with Gasteiger partial charge in [-0.05, 0) is 24.1 Å². The van der Waals surface area contributed by atoms with E-state index in [0.717, 1.165) is 12.2 Å². The second-order valence-electron chi connectivity index (χ2n) is 6.21. The molecule has 0 radical (unpaired) electrons. The molecule has 3 rings (SSSR count). The van der Waals surface area contributed by atoms with Gasteiger partial charge in [0.2, 0.25) is 0 Å². The molecule has 1 N–H and O–H groups in total. The highest BCUT2D eigenvalue weighted by molar-refractivity contribution is 5.66. The highest BCUT2D eigenvalue weighted by Crippen LogP contribution is 2.46. The van der Waals surface area contributed by atoms with Crippen molar-refractivity contribution in [2.24, 2.45) is 0 Å². The fourth-order valence-electron chi connectivity index (χ4n) is 3.13. The second-order valence-corrected chi connectivity index (χ2v) is 6.21. The average molecular weight is 267 g/mol. The summed E-state index contributed by atoms with van der Waals surface area (Å²) in [4.78, 5) is 2.39. The Balaban J connectivity index is 2.02. The van der Waals surface area contributed by atoms with E-state index in [2.05, 4.69) is 56.0 Å². The third-order valence-electron chi connectivity index (χ3n) is 4.69. The van der Waals surface area contributed by atoms with Crippen LogP contribution in [0.15, 0.2) is 48.5 Å². The highest BCUT2D eigenvalue weighted by Gasteiger charge is 2.41. The van der Waals surface area contributed by atoms with Gasteiger partial charge in [-0.25, -0.2) is 0 Å². The molecule has 1 atom stereocenters. The Morgan fingerprint density at radius 1 is 1.10 bits per heavy atom. The van der Waals surface area contributed by atoms with Crippen molar-refractivity contribution in [2.75, 3.05) is 4.90 Å². The van der Waals surface area contributed by atoms with Crippen LogP contribution in [0.1, 0.15) is 31.9 Å². The topological polar surface area (TPSA) is 23.5 Å². The van der Waals surface area contributed by atoms with Gasteiger partial charge in [-0.2, -0.15) is 0 Å². The van der Waals surface area contributed by atoms with E-state index in [4.69, 9.17) is 0 Å². The van der Waals surface area contributed by atoms with Crippen LogP contribution in [0.5, 0.6) is 5.75 Å². The smallest absolute Gasteiger partial charge is 0.117 e. The van der Waals surface area contributed by atoms with E-state index in [1.807, 2.05) is 12.1 Å². The lowest BCUT2D eigenvalue weighted by Crippen LogP contribution is -2.38. The summed E-state index contributed by atoms with van der Waals surface area (Å²) in [6, 6.07) is 16.6. The second kappa shape index (κ2) is 4.55. The van der Waals surface area contributed by atoms with Crippen molar-refractivity contribution >= 4 is 5.69 Å². The van der Waals surface area contributed by atoms with Gasteiger partial charge >= 0.3 is 0 Å². The molecular formula is C18H21NO. The van der Waals surface area contributed by atoms with Crippen molar-refractivity contribution in [2.45, 2.75) is 38.8 Å². The summed E-state index contributed by atoms with van der Waals surface area (Å²) in [6.07, 6.45) is 0. The number of hydrogen-bond donors (Lipinski definition) is 1. The zero-order valence-electron chi connectivity index (χ0n) is 12.3. The van der Waals surface area contributed by atoms with Crippen LogP contribution in [-0.4, -0.2) is 11.1 Å². The monoisotopic (exact) mass is 267 g/mol. The molecule has 104 valence electrons. The number of hydrogen-bond acceptors (Lipinski definition) is 2. The van der Waals surface area contributed by atoms with E-state index < -0.39 is 0 Å². The lowest BCUT2D eigenvalue weighted by molar-refractivity contribution is 0.440. The lowest BCUT2D eigenvalue weighted by atomic mass is 9.81. The fraction of sp³-hybridized carbons (Fsp3) is 0.333.